The van der Waals surface area contributed by atoms with Gasteiger partial charge in [-0.05, 0) is 55.5 Å². The van der Waals surface area contributed by atoms with Crippen LogP contribution in [-0.2, 0) is 6.42 Å². The summed E-state index contributed by atoms with van der Waals surface area (Å²) in [5.41, 5.74) is 8.35. The first kappa shape index (κ1) is 20.6. The highest BCUT2D eigenvalue weighted by molar-refractivity contribution is 5.86. The van der Waals surface area contributed by atoms with E-state index >= 15 is 0 Å². The van der Waals surface area contributed by atoms with Crippen molar-refractivity contribution in [2.45, 2.75) is 58.4 Å². The van der Waals surface area contributed by atoms with Gasteiger partial charge in [0.05, 0.1) is 16.6 Å². The molecule has 4 heteroatoms. The molecule has 0 N–H and O–H groups in total. The third-order valence-electron chi connectivity index (χ3n) is 7.29. The van der Waals surface area contributed by atoms with Crippen LogP contribution in [0.15, 0.2) is 48.5 Å². The molecule has 2 aromatic heterocycles. The summed E-state index contributed by atoms with van der Waals surface area (Å²) in [4.78, 5) is 7.40. The Labute approximate surface area is 190 Å². The molecule has 0 aliphatic heterocycles. The van der Waals surface area contributed by atoms with Crippen molar-refractivity contribution in [1.82, 2.24) is 9.38 Å². The number of rotatable bonds is 4. The van der Waals surface area contributed by atoms with E-state index in [-0.39, 0.29) is 0 Å². The van der Waals surface area contributed by atoms with Gasteiger partial charge in [-0.1, -0.05) is 55.7 Å². The molecule has 4 aromatic rings. The monoisotopic (exact) mass is 422 g/mol. The van der Waals surface area contributed by atoms with Gasteiger partial charge in [-0.25, -0.2) is 4.98 Å². The highest BCUT2D eigenvalue weighted by Crippen LogP contribution is 2.37. The Morgan fingerprint density at radius 2 is 1.75 bits per heavy atom. The predicted octanol–water partition coefficient (Wildman–Crippen LogP) is 6.34. The van der Waals surface area contributed by atoms with Crippen molar-refractivity contribution in [3.8, 4) is 6.07 Å². The number of anilines is 1. The Balaban J connectivity index is 1.84. The molecule has 0 saturated heterocycles. The Morgan fingerprint density at radius 1 is 1.03 bits per heavy atom. The first-order chi connectivity index (χ1) is 15.6. The van der Waals surface area contributed by atoms with E-state index in [9.17, 15) is 5.26 Å². The SMILES string of the molecule is Cc1ccccc1Cc1c(C)c(C#N)c2nc3ccccc3n2c1N(C)C1CCCCC1. The van der Waals surface area contributed by atoms with Crippen LogP contribution in [0.3, 0.4) is 0 Å². The number of imidazole rings is 1. The fraction of sp³-hybridized carbons (Fsp3) is 0.357. The molecule has 5 rings (SSSR count). The largest absolute Gasteiger partial charge is 0.358 e. The summed E-state index contributed by atoms with van der Waals surface area (Å²) in [5.74, 6) is 1.19. The van der Waals surface area contributed by atoms with E-state index < -0.39 is 0 Å². The van der Waals surface area contributed by atoms with Crippen LogP contribution in [0.25, 0.3) is 16.7 Å². The molecule has 32 heavy (non-hydrogen) atoms. The van der Waals surface area contributed by atoms with E-state index in [1.165, 1.54) is 54.6 Å². The summed E-state index contributed by atoms with van der Waals surface area (Å²) >= 11 is 0. The van der Waals surface area contributed by atoms with E-state index in [0.717, 1.165) is 28.7 Å². The van der Waals surface area contributed by atoms with E-state index in [1.54, 1.807) is 0 Å². The molecule has 1 aliphatic rings. The van der Waals surface area contributed by atoms with Gasteiger partial charge in [0.2, 0.25) is 0 Å². The third-order valence-corrected chi connectivity index (χ3v) is 7.29. The summed E-state index contributed by atoms with van der Waals surface area (Å²) in [5, 5.41) is 10.1. The molecule has 1 saturated carbocycles. The van der Waals surface area contributed by atoms with Crippen molar-refractivity contribution >= 4 is 22.5 Å². The van der Waals surface area contributed by atoms with E-state index in [2.05, 4.69) is 72.7 Å². The smallest absolute Gasteiger partial charge is 0.157 e. The lowest BCUT2D eigenvalue weighted by atomic mass is 9.92. The molecular weight excluding hydrogens is 392 g/mol. The van der Waals surface area contributed by atoms with Gasteiger partial charge in [-0.15, -0.1) is 0 Å². The maximum Gasteiger partial charge on any atom is 0.157 e. The summed E-state index contributed by atoms with van der Waals surface area (Å²) < 4.78 is 2.25. The number of hydrogen-bond acceptors (Lipinski definition) is 3. The zero-order chi connectivity index (χ0) is 22.2. The second-order valence-corrected chi connectivity index (χ2v) is 9.18. The van der Waals surface area contributed by atoms with Crippen LogP contribution in [0.1, 0.15) is 59.9 Å². The molecule has 2 heterocycles. The summed E-state index contributed by atoms with van der Waals surface area (Å²) in [6.07, 6.45) is 7.13. The van der Waals surface area contributed by atoms with Crippen LogP contribution in [0.2, 0.25) is 0 Å². The predicted molar refractivity (Wildman–Crippen MR) is 131 cm³/mol. The van der Waals surface area contributed by atoms with Gasteiger partial charge in [-0.3, -0.25) is 4.40 Å². The minimum absolute atomic E-state index is 0.510. The van der Waals surface area contributed by atoms with Gasteiger partial charge in [0, 0.05) is 25.1 Å². The van der Waals surface area contributed by atoms with Crippen LogP contribution >= 0.6 is 0 Å². The number of benzene rings is 2. The van der Waals surface area contributed by atoms with E-state index in [0.29, 0.717) is 11.6 Å². The molecule has 0 radical (unpaired) electrons. The van der Waals surface area contributed by atoms with Crippen molar-refractivity contribution in [1.29, 1.82) is 5.26 Å². The van der Waals surface area contributed by atoms with E-state index in [4.69, 9.17) is 4.98 Å². The van der Waals surface area contributed by atoms with Crippen LogP contribution in [0, 0.1) is 25.2 Å². The highest BCUT2D eigenvalue weighted by Gasteiger charge is 2.27. The minimum Gasteiger partial charge on any atom is -0.358 e. The Hall–Kier alpha value is -3.32. The standard InChI is InChI=1S/C28H30N4/c1-19-11-7-8-12-21(19)17-23-20(2)24(18-29)27-30-25-15-9-10-16-26(25)32(27)28(23)31(3)22-13-5-4-6-14-22/h7-12,15-16,22H,4-6,13-14,17H2,1-3H3. The van der Waals surface area contributed by atoms with Crippen LogP contribution in [-0.4, -0.2) is 22.5 Å². The number of nitriles is 1. The lowest BCUT2D eigenvalue weighted by Gasteiger charge is -2.35. The fourth-order valence-corrected chi connectivity index (χ4v) is 5.39. The van der Waals surface area contributed by atoms with Gasteiger partial charge < -0.3 is 4.90 Å². The van der Waals surface area contributed by atoms with Gasteiger partial charge in [-0.2, -0.15) is 5.26 Å². The second-order valence-electron chi connectivity index (χ2n) is 9.18. The summed E-state index contributed by atoms with van der Waals surface area (Å²) in [7, 11) is 2.24. The minimum atomic E-state index is 0.510. The van der Waals surface area contributed by atoms with Crippen molar-refractivity contribution in [2.24, 2.45) is 0 Å². The van der Waals surface area contributed by atoms with Gasteiger partial charge in [0.1, 0.15) is 11.9 Å². The molecule has 0 amide bonds. The number of nitrogens with zero attached hydrogens (tertiary/aromatic N) is 4. The first-order valence-electron chi connectivity index (χ1n) is 11.7. The zero-order valence-corrected chi connectivity index (χ0v) is 19.2. The molecule has 0 unspecified atom stereocenters. The topological polar surface area (TPSA) is 44.3 Å². The van der Waals surface area contributed by atoms with Crippen LogP contribution in [0.5, 0.6) is 0 Å². The molecule has 1 fully saturated rings. The van der Waals surface area contributed by atoms with Crippen LogP contribution < -0.4 is 4.90 Å². The van der Waals surface area contributed by atoms with Gasteiger partial charge in [0.15, 0.2) is 5.65 Å². The summed E-state index contributed by atoms with van der Waals surface area (Å²) in [6, 6.07) is 19.8. The maximum absolute atomic E-state index is 10.1. The lowest BCUT2D eigenvalue weighted by molar-refractivity contribution is 0.425. The highest BCUT2D eigenvalue weighted by atomic mass is 15.2. The van der Waals surface area contributed by atoms with Crippen molar-refractivity contribution in [3.63, 3.8) is 0 Å². The van der Waals surface area contributed by atoms with Crippen molar-refractivity contribution in [3.05, 3.63) is 76.3 Å². The molecule has 2 aromatic carbocycles. The molecule has 0 atom stereocenters. The number of pyridine rings is 1. The number of hydrogen-bond donors (Lipinski definition) is 0. The first-order valence-corrected chi connectivity index (χ1v) is 11.7. The van der Waals surface area contributed by atoms with Gasteiger partial charge >= 0.3 is 0 Å². The van der Waals surface area contributed by atoms with Crippen LogP contribution in [0.4, 0.5) is 5.82 Å². The average molecular weight is 423 g/mol. The van der Waals surface area contributed by atoms with E-state index in [1.807, 2.05) is 12.1 Å². The molecular formula is C28H30N4. The maximum atomic E-state index is 10.1. The molecule has 0 bridgehead atoms. The number of fused-ring (bicyclic) bond motifs is 3. The Morgan fingerprint density at radius 3 is 2.50 bits per heavy atom. The Bertz CT molecular complexity index is 1340. The molecule has 1 aliphatic carbocycles. The molecule has 162 valence electrons. The third kappa shape index (κ3) is 3.33. The number of aryl methyl sites for hydroxylation is 1. The van der Waals surface area contributed by atoms with Crippen molar-refractivity contribution in [2.75, 3.05) is 11.9 Å². The molecule has 0 spiro atoms. The summed E-state index contributed by atoms with van der Waals surface area (Å²) in [6.45, 7) is 4.27. The van der Waals surface area contributed by atoms with Gasteiger partial charge in [0.25, 0.3) is 0 Å². The number of aromatic nitrogens is 2. The average Bonchev–Trinajstić information content (AvgIpc) is 3.20. The lowest BCUT2D eigenvalue weighted by Crippen LogP contribution is -2.35. The second kappa shape index (κ2) is 8.31. The number of para-hydroxylation sites is 2. The zero-order valence-electron chi connectivity index (χ0n) is 19.2. The Kier molecular flexibility index (Phi) is 5.35. The fourth-order valence-electron chi connectivity index (χ4n) is 5.39. The quantitative estimate of drug-likeness (QED) is 0.386. The normalized spacial score (nSPS) is 14.7. The molecule has 4 nitrogen and oxygen atoms in total. The van der Waals surface area contributed by atoms with Crippen molar-refractivity contribution < 1.29 is 0 Å².